The average molecular weight is 621 g/mol. The molecular formula is C26H16Cl4N2NiS2. The van der Waals surface area contributed by atoms with Crippen LogP contribution in [0.15, 0.2) is 105 Å². The van der Waals surface area contributed by atoms with Crippen molar-refractivity contribution in [2.75, 3.05) is 0 Å². The second-order valence-electron chi connectivity index (χ2n) is 6.74. The molecule has 0 amide bonds. The Hall–Kier alpha value is -1.69. The van der Waals surface area contributed by atoms with E-state index in [9.17, 15) is 0 Å². The van der Waals surface area contributed by atoms with E-state index in [4.69, 9.17) is 71.7 Å². The first-order chi connectivity index (χ1) is 16.4. The number of nitrogens with zero attached hydrogens (tertiary/aromatic N) is 2. The predicted octanol–water partition coefficient (Wildman–Crippen LogP) is 9.30. The quantitative estimate of drug-likeness (QED) is 0.129. The monoisotopic (exact) mass is 618 g/mol. The van der Waals surface area contributed by atoms with Gasteiger partial charge in [-0.15, -0.1) is 9.79 Å². The van der Waals surface area contributed by atoms with Gasteiger partial charge in [0.2, 0.25) is 0 Å². The van der Waals surface area contributed by atoms with Gasteiger partial charge < -0.3 is 25.3 Å². The molecule has 35 heavy (non-hydrogen) atoms. The molecular weight excluding hydrogens is 605 g/mol. The largest absolute Gasteiger partial charge is 2.00 e. The number of para-hydroxylation sites is 2. The summed E-state index contributed by atoms with van der Waals surface area (Å²) in [7, 11) is 0. The molecule has 0 N–H and O–H groups in total. The Morgan fingerprint density at radius 2 is 0.886 bits per heavy atom. The molecule has 4 aromatic carbocycles. The van der Waals surface area contributed by atoms with Crippen molar-refractivity contribution in [1.29, 1.82) is 0 Å². The maximum atomic E-state index is 6.05. The van der Waals surface area contributed by atoms with Crippen molar-refractivity contribution < 1.29 is 16.5 Å². The summed E-state index contributed by atoms with van der Waals surface area (Å²) in [6.07, 6.45) is 3.33. The molecule has 4 rings (SSSR count). The fraction of sp³-hybridized carbons (Fsp3) is 0. The summed E-state index contributed by atoms with van der Waals surface area (Å²) in [5.41, 5.74) is 3.05. The van der Waals surface area contributed by atoms with Gasteiger partial charge in [0.05, 0.1) is 20.1 Å². The summed E-state index contributed by atoms with van der Waals surface area (Å²) in [6, 6.07) is 25.8. The fourth-order valence-corrected chi connectivity index (χ4v) is 3.76. The number of hydrogen-bond donors (Lipinski definition) is 0. The van der Waals surface area contributed by atoms with Crippen LogP contribution in [-0.4, -0.2) is 12.4 Å². The summed E-state index contributed by atoms with van der Waals surface area (Å²) in [5.74, 6) is 0. The summed E-state index contributed by atoms with van der Waals surface area (Å²) >= 11 is 34.2. The van der Waals surface area contributed by atoms with Crippen LogP contribution in [0.3, 0.4) is 0 Å². The minimum absolute atomic E-state index is 0. The minimum atomic E-state index is 0. The maximum absolute atomic E-state index is 6.05. The molecule has 2 nitrogen and oxygen atoms in total. The topological polar surface area (TPSA) is 24.7 Å². The first-order valence-electron chi connectivity index (χ1n) is 9.85. The van der Waals surface area contributed by atoms with Crippen LogP contribution < -0.4 is 0 Å². The number of aliphatic imine (C=N–C) groups is 2. The van der Waals surface area contributed by atoms with Crippen LogP contribution in [0.1, 0.15) is 11.1 Å². The van der Waals surface area contributed by atoms with E-state index < -0.39 is 0 Å². The normalized spacial score (nSPS) is 10.6. The molecule has 0 aliphatic carbocycles. The molecule has 0 saturated carbocycles. The molecule has 0 fully saturated rings. The van der Waals surface area contributed by atoms with Crippen LogP contribution in [0.5, 0.6) is 0 Å². The summed E-state index contributed by atoms with van der Waals surface area (Å²) in [6.45, 7) is 0. The zero-order valence-electron chi connectivity index (χ0n) is 17.8. The van der Waals surface area contributed by atoms with Crippen LogP contribution >= 0.6 is 46.4 Å². The van der Waals surface area contributed by atoms with E-state index in [-0.39, 0.29) is 16.5 Å². The van der Waals surface area contributed by atoms with E-state index in [1.807, 2.05) is 72.8 Å². The number of rotatable bonds is 4. The van der Waals surface area contributed by atoms with Crippen LogP contribution in [-0.2, 0) is 41.7 Å². The van der Waals surface area contributed by atoms with Crippen molar-refractivity contribution >= 4 is 95.5 Å². The Balaban J connectivity index is 0.000000240. The Morgan fingerprint density at radius 1 is 0.514 bits per heavy atom. The van der Waals surface area contributed by atoms with Gasteiger partial charge >= 0.3 is 16.5 Å². The van der Waals surface area contributed by atoms with Crippen molar-refractivity contribution in [2.45, 2.75) is 9.79 Å². The molecule has 0 unspecified atom stereocenters. The molecule has 0 aromatic heterocycles. The summed E-state index contributed by atoms with van der Waals surface area (Å²) in [5, 5.41) is 2.03. The van der Waals surface area contributed by atoms with Gasteiger partial charge in [-0.25, -0.2) is 0 Å². The second kappa shape index (κ2) is 14.8. The predicted molar refractivity (Wildman–Crippen MR) is 152 cm³/mol. The molecule has 0 aliphatic rings. The fourth-order valence-electron chi connectivity index (χ4n) is 2.65. The molecule has 0 saturated heterocycles. The van der Waals surface area contributed by atoms with Crippen molar-refractivity contribution in [2.24, 2.45) is 9.98 Å². The number of halogens is 4. The van der Waals surface area contributed by atoms with Crippen LogP contribution in [0, 0.1) is 0 Å². The van der Waals surface area contributed by atoms with Crippen LogP contribution in [0.25, 0.3) is 0 Å². The molecule has 4 aromatic rings. The van der Waals surface area contributed by atoms with Gasteiger partial charge in [-0.3, -0.25) is 9.98 Å². The first-order valence-corrected chi connectivity index (χ1v) is 12.2. The number of hydrogen-bond acceptors (Lipinski definition) is 4. The van der Waals surface area contributed by atoms with Crippen molar-refractivity contribution in [3.8, 4) is 0 Å². The van der Waals surface area contributed by atoms with Crippen molar-refractivity contribution in [3.63, 3.8) is 0 Å². The van der Waals surface area contributed by atoms with Gasteiger partial charge in [0.1, 0.15) is 0 Å². The second-order valence-corrected chi connectivity index (χ2v) is 9.19. The zero-order chi connectivity index (χ0) is 24.5. The Kier molecular flexibility index (Phi) is 12.5. The SMILES string of the molecule is [Ni+2].[S-]c1ccccc1N=Cc1cccc(Cl)c1Cl.[S-]c1ccccc1N=Cc1cccc(Cl)c1Cl. The van der Waals surface area contributed by atoms with Gasteiger partial charge in [-0.1, -0.05) is 107 Å². The van der Waals surface area contributed by atoms with Crippen LogP contribution in [0.4, 0.5) is 11.4 Å². The molecule has 0 heterocycles. The van der Waals surface area contributed by atoms with E-state index in [0.29, 0.717) is 29.9 Å². The van der Waals surface area contributed by atoms with Gasteiger partial charge in [-0.05, 0) is 24.3 Å². The van der Waals surface area contributed by atoms with E-state index in [2.05, 4.69) is 9.98 Å². The standard InChI is InChI=1S/2C13H9Cl2NS.Ni/c2*14-10-5-3-4-9(13(10)15)8-16-11-6-1-2-7-12(11)17;/h2*1-8,17H;/q;;+2/p-2. The molecule has 0 radical (unpaired) electrons. The summed E-state index contributed by atoms with van der Waals surface area (Å²) < 4.78 is 0. The van der Waals surface area contributed by atoms with Gasteiger partial charge in [0.25, 0.3) is 0 Å². The number of benzene rings is 4. The Morgan fingerprint density at radius 3 is 1.26 bits per heavy atom. The maximum Gasteiger partial charge on any atom is 2.00 e. The van der Waals surface area contributed by atoms with E-state index in [1.54, 1.807) is 24.6 Å². The van der Waals surface area contributed by atoms with E-state index in [1.165, 1.54) is 0 Å². The molecule has 0 atom stereocenters. The molecule has 0 bridgehead atoms. The molecule has 0 aliphatic heterocycles. The van der Waals surface area contributed by atoms with Gasteiger partial charge in [-0.2, -0.15) is 0 Å². The van der Waals surface area contributed by atoms with Crippen LogP contribution in [0.2, 0.25) is 20.1 Å². The molecule has 0 spiro atoms. The molecule has 180 valence electrons. The average Bonchev–Trinajstić information content (AvgIpc) is 2.83. The van der Waals surface area contributed by atoms with Crippen molar-refractivity contribution in [3.05, 3.63) is 116 Å². The third-order valence-electron chi connectivity index (χ3n) is 4.38. The molecule has 9 heteroatoms. The minimum Gasteiger partial charge on any atom is -0.778 e. The Labute approximate surface area is 246 Å². The van der Waals surface area contributed by atoms with Crippen molar-refractivity contribution in [1.82, 2.24) is 0 Å². The summed E-state index contributed by atoms with van der Waals surface area (Å²) in [4.78, 5) is 10.0. The third kappa shape index (κ3) is 8.73. The third-order valence-corrected chi connectivity index (χ3v) is 6.74. The Bertz CT molecular complexity index is 1240. The van der Waals surface area contributed by atoms with E-state index >= 15 is 0 Å². The zero-order valence-corrected chi connectivity index (χ0v) is 23.4. The van der Waals surface area contributed by atoms with Gasteiger partial charge in [0.15, 0.2) is 0 Å². The van der Waals surface area contributed by atoms with Gasteiger partial charge in [0, 0.05) is 34.9 Å². The van der Waals surface area contributed by atoms with E-state index in [0.717, 1.165) is 22.5 Å². The first kappa shape index (κ1) is 29.5. The smallest absolute Gasteiger partial charge is 0.778 e.